The maximum absolute atomic E-state index is 6.28. The van der Waals surface area contributed by atoms with E-state index < -0.39 is 0 Å². The van der Waals surface area contributed by atoms with Gasteiger partial charge in [-0.3, -0.25) is 0 Å². The fraction of sp³-hybridized carbons (Fsp3) is 0.143. The van der Waals surface area contributed by atoms with E-state index in [4.69, 9.17) is 23.1 Å². The molecule has 1 heterocycles. The molecule has 0 amide bonds. The van der Waals surface area contributed by atoms with E-state index in [0.29, 0.717) is 5.69 Å². The van der Waals surface area contributed by atoms with Crippen LogP contribution in [0, 0.1) is 0 Å². The summed E-state index contributed by atoms with van der Waals surface area (Å²) in [6.07, 6.45) is 0.814. The van der Waals surface area contributed by atoms with Crippen molar-refractivity contribution in [2.75, 3.05) is 23.4 Å². The number of fused-ring (bicyclic) bond motifs is 2. The van der Waals surface area contributed by atoms with E-state index in [-0.39, 0.29) is 12.4 Å². The van der Waals surface area contributed by atoms with Crippen LogP contribution in [0.4, 0.5) is 22.7 Å². The van der Waals surface area contributed by atoms with Crippen LogP contribution in [0.2, 0.25) is 5.02 Å². The molecule has 2 aromatic rings. The molecule has 0 bridgehead atoms. The lowest BCUT2D eigenvalue weighted by Gasteiger charge is -2.31. The van der Waals surface area contributed by atoms with E-state index in [9.17, 15) is 0 Å². The van der Waals surface area contributed by atoms with Crippen LogP contribution in [-0.2, 0) is 6.42 Å². The summed E-state index contributed by atoms with van der Waals surface area (Å²) in [7, 11) is 2.01. The van der Waals surface area contributed by atoms with Gasteiger partial charge in [0.05, 0.1) is 0 Å². The normalized spacial score (nSPS) is 12.4. The number of rotatable bonds is 0. The van der Waals surface area contributed by atoms with Crippen molar-refractivity contribution in [1.82, 2.24) is 0 Å². The Kier molecular flexibility index (Phi) is 3.52. The summed E-state index contributed by atoms with van der Waals surface area (Å²) in [4.78, 5) is 2.09. The first-order valence-electron chi connectivity index (χ1n) is 5.76. The summed E-state index contributed by atoms with van der Waals surface area (Å²) < 4.78 is 0. The van der Waals surface area contributed by atoms with Crippen LogP contribution in [0.3, 0.4) is 0 Å². The predicted molar refractivity (Wildman–Crippen MR) is 84.8 cm³/mol. The third-order valence-corrected chi connectivity index (χ3v) is 3.73. The molecule has 0 radical (unpaired) electrons. The molecule has 0 aromatic heterocycles. The van der Waals surface area contributed by atoms with Gasteiger partial charge >= 0.3 is 0 Å². The van der Waals surface area contributed by atoms with Crippen molar-refractivity contribution >= 4 is 46.8 Å². The van der Waals surface area contributed by atoms with Gasteiger partial charge in [-0.05, 0) is 35.4 Å². The lowest BCUT2D eigenvalue weighted by atomic mass is 9.95. The van der Waals surface area contributed by atoms with Crippen LogP contribution in [0.25, 0.3) is 0 Å². The maximum atomic E-state index is 6.28. The Hall–Kier alpha value is -1.58. The Morgan fingerprint density at radius 1 is 1.05 bits per heavy atom. The van der Waals surface area contributed by atoms with E-state index in [1.54, 1.807) is 6.07 Å². The van der Waals surface area contributed by atoms with Gasteiger partial charge < -0.3 is 16.4 Å². The van der Waals surface area contributed by atoms with E-state index >= 15 is 0 Å². The molecule has 0 saturated carbocycles. The molecule has 3 rings (SSSR count). The molecule has 19 heavy (non-hydrogen) atoms. The van der Waals surface area contributed by atoms with Crippen LogP contribution >= 0.6 is 24.0 Å². The summed E-state index contributed by atoms with van der Waals surface area (Å²) >= 11 is 6.28. The molecular formula is C14H15Cl2N3. The topological polar surface area (TPSA) is 55.3 Å². The molecule has 1 aliphatic heterocycles. The number of nitrogens with zero attached hydrogens (tertiary/aromatic N) is 1. The monoisotopic (exact) mass is 295 g/mol. The van der Waals surface area contributed by atoms with Gasteiger partial charge in [-0.25, -0.2) is 0 Å². The molecule has 4 N–H and O–H groups in total. The van der Waals surface area contributed by atoms with Gasteiger partial charge in [-0.2, -0.15) is 0 Å². The van der Waals surface area contributed by atoms with E-state index in [1.165, 1.54) is 5.56 Å². The van der Waals surface area contributed by atoms with Gasteiger partial charge in [-0.1, -0.05) is 17.7 Å². The Balaban J connectivity index is 0.00000133. The smallest absolute Gasteiger partial charge is 0.0482 e. The molecule has 0 saturated heterocycles. The minimum Gasteiger partial charge on any atom is -0.399 e. The molecule has 2 aromatic carbocycles. The van der Waals surface area contributed by atoms with Crippen molar-refractivity contribution < 1.29 is 0 Å². The number of hydrogen-bond donors (Lipinski definition) is 2. The standard InChI is InChI=1S/C14H14ClN3.ClH/c1-18-13-6-9(16)3-2-8(13)4-11-12(15)5-10(17)7-14(11)18;/h2-3,5-7H,4,16-17H2,1H3;1H. The molecule has 0 spiro atoms. The van der Waals surface area contributed by atoms with E-state index in [2.05, 4.69) is 11.0 Å². The highest BCUT2D eigenvalue weighted by atomic mass is 35.5. The third-order valence-electron chi connectivity index (χ3n) is 3.39. The number of nitrogen functional groups attached to an aromatic ring is 2. The largest absolute Gasteiger partial charge is 0.399 e. The molecule has 0 fully saturated rings. The maximum Gasteiger partial charge on any atom is 0.0482 e. The second kappa shape index (κ2) is 4.83. The van der Waals surface area contributed by atoms with Crippen LogP contribution in [0.15, 0.2) is 30.3 Å². The van der Waals surface area contributed by atoms with Crippen molar-refractivity contribution in [3.05, 3.63) is 46.5 Å². The summed E-state index contributed by atoms with van der Waals surface area (Å²) in [6.45, 7) is 0. The zero-order valence-electron chi connectivity index (χ0n) is 10.5. The molecule has 0 aliphatic carbocycles. The Morgan fingerprint density at radius 3 is 2.47 bits per heavy atom. The van der Waals surface area contributed by atoms with E-state index in [1.807, 2.05) is 25.2 Å². The first-order valence-corrected chi connectivity index (χ1v) is 6.14. The predicted octanol–water partition coefficient (Wildman–Crippen LogP) is 3.60. The van der Waals surface area contributed by atoms with Crippen LogP contribution in [0.5, 0.6) is 0 Å². The van der Waals surface area contributed by atoms with Crippen molar-refractivity contribution in [1.29, 1.82) is 0 Å². The van der Waals surface area contributed by atoms with E-state index in [0.717, 1.165) is 34.1 Å². The van der Waals surface area contributed by atoms with Gasteiger partial charge in [0, 0.05) is 41.2 Å². The highest BCUT2D eigenvalue weighted by Gasteiger charge is 2.22. The average Bonchev–Trinajstić information content (AvgIpc) is 2.32. The Labute approximate surface area is 123 Å². The Bertz CT molecular complexity index is 641. The average molecular weight is 296 g/mol. The summed E-state index contributed by atoms with van der Waals surface area (Å²) in [5.41, 5.74) is 17.7. The minimum absolute atomic E-state index is 0. The zero-order chi connectivity index (χ0) is 12.9. The van der Waals surface area contributed by atoms with Gasteiger partial charge in [0.2, 0.25) is 0 Å². The summed E-state index contributed by atoms with van der Waals surface area (Å²) in [6, 6.07) is 9.71. The minimum atomic E-state index is 0. The van der Waals surface area contributed by atoms with Gasteiger partial charge in [-0.15, -0.1) is 12.4 Å². The summed E-state index contributed by atoms with van der Waals surface area (Å²) in [5, 5.41) is 0.722. The molecule has 100 valence electrons. The van der Waals surface area contributed by atoms with Gasteiger partial charge in [0.15, 0.2) is 0 Å². The molecule has 0 atom stereocenters. The molecule has 0 unspecified atom stereocenters. The highest BCUT2D eigenvalue weighted by Crippen LogP contribution is 2.42. The van der Waals surface area contributed by atoms with Crippen LogP contribution < -0.4 is 16.4 Å². The van der Waals surface area contributed by atoms with Crippen LogP contribution in [0.1, 0.15) is 11.1 Å². The third kappa shape index (κ3) is 2.20. The SMILES string of the molecule is CN1c2cc(N)ccc2Cc2c(Cl)cc(N)cc21.Cl. The quantitative estimate of drug-likeness (QED) is 0.730. The Morgan fingerprint density at radius 2 is 1.74 bits per heavy atom. The second-order valence-corrected chi connectivity index (χ2v) is 5.03. The van der Waals surface area contributed by atoms with Crippen molar-refractivity contribution in [2.24, 2.45) is 0 Å². The number of anilines is 4. The fourth-order valence-corrected chi connectivity index (χ4v) is 2.77. The second-order valence-electron chi connectivity index (χ2n) is 4.62. The number of nitrogens with two attached hydrogens (primary N) is 2. The summed E-state index contributed by atoms with van der Waals surface area (Å²) in [5.74, 6) is 0. The van der Waals surface area contributed by atoms with Gasteiger partial charge in [0.1, 0.15) is 0 Å². The number of halogens is 2. The molecular weight excluding hydrogens is 281 g/mol. The zero-order valence-corrected chi connectivity index (χ0v) is 12.1. The molecule has 3 nitrogen and oxygen atoms in total. The van der Waals surface area contributed by atoms with Crippen LogP contribution in [-0.4, -0.2) is 7.05 Å². The van der Waals surface area contributed by atoms with Crippen molar-refractivity contribution in [3.63, 3.8) is 0 Å². The van der Waals surface area contributed by atoms with Crippen molar-refractivity contribution in [3.8, 4) is 0 Å². The lowest BCUT2D eigenvalue weighted by Crippen LogP contribution is -2.19. The van der Waals surface area contributed by atoms with Crippen molar-refractivity contribution in [2.45, 2.75) is 6.42 Å². The lowest BCUT2D eigenvalue weighted by molar-refractivity contribution is 1.06. The van der Waals surface area contributed by atoms with Gasteiger partial charge in [0.25, 0.3) is 0 Å². The number of hydrogen-bond acceptors (Lipinski definition) is 3. The molecule has 1 aliphatic rings. The first kappa shape index (κ1) is 13.8. The molecule has 5 heteroatoms. The fourth-order valence-electron chi connectivity index (χ4n) is 2.48. The number of benzene rings is 2. The highest BCUT2D eigenvalue weighted by molar-refractivity contribution is 6.32. The first-order chi connectivity index (χ1) is 8.56.